The molecule has 4 nitrogen and oxygen atoms in total. The van der Waals surface area contributed by atoms with Crippen LogP contribution in [-0.2, 0) is 6.42 Å². The second kappa shape index (κ2) is 6.83. The molecule has 1 fully saturated rings. The summed E-state index contributed by atoms with van der Waals surface area (Å²) in [7, 11) is 1.63. The summed E-state index contributed by atoms with van der Waals surface area (Å²) >= 11 is 1.74. The molecule has 1 saturated carbocycles. The van der Waals surface area contributed by atoms with Crippen molar-refractivity contribution in [3.8, 4) is 5.75 Å². The molecule has 1 aliphatic carbocycles. The minimum atomic E-state index is -0.00998. The number of nitrogens with one attached hydrogen (secondary N) is 1. The molecule has 0 bridgehead atoms. The van der Waals surface area contributed by atoms with Crippen molar-refractivity contribution in [1.82, 2.24) is 4.90 Å². The Hall–Kier alpha value is -2.01. The van der Waals surface area contributed by atoms with E-state index in [4.69, 9.17) is 4.74 Å². The number of anilines is 1. The van der Waals surface area contributed by atoms with Crippen LogP contribution in [-0.4, -0.2) is 30.6 Å². The van der Waals surface area contributed by atoms with E-state index in [1.165, 1.54) is 4.88 Å². The number of hydrogen-bond acceptors (Lipinski definition) is 3. The zero-order valence-corrected chi connectivity index (χ0v) is 13.4. The molecule has 0 spiro atoms. The predicted octanol–water partition coefficient (Wildman–Crippen LogP) is 4.00. The Balaban J connectivity index is 1.59. The van der Waals surface area contributed by atoms with Gasteiger partial charge in [-0.25, -0.2) is 4.79 Å². The average molecular weight is 316 g/mol. The fraction of sp³-hybridized carbons (Fsp3) is 0.353. The average Bonchev–Trinajstić information content (AvgIpc) is 3.23. The molecule has 3 rings (SSSR count). The summed E-state index contributed by atoms with van der Waals surface area (Å²) < 4.78 is 5.13. The van der Waals surface area contributed by atoms with Crippen molar-refractivity contribution in [2.75, 3.05) is 19.0 Å². The molecule has 1 aromatic carbocycles. The molecule has 1 N–H and O–H groups in total. The maximum Gasteiger partial charge on any atom is 0.322 e. The van der Waals surface area contributed by atoms with Crippen LogP contribution in [0.4, 0.5) is 10.5 Å². The van der Waals surface area contributed by atoms with Crippen LogP contribution in [0.2, 0.25) is 0 Å². The Morgan fingerprint density at radius 2 is 2.09 bits per heavy atom. The van der Waals surface area contributed by atoms with Gasteiger partial charge >= 0.3 is 6.03 Å². The highest BCUT2D eigenvalue weighted by atomic mass is 32.1. The lowest BCUT2D eigenvalue weighted by Crippen LogP contribution is -2.38. The number of urea groups is 1. The monoisotopic (exact) mass is 316 g/mol. The maximum atomic E-state index is 12.5. The van der Waals surface area contributed by atoms with E-state index in [0.717, 1.165) is 37.2 Å². The zero-order valence-electron chi connectivity index (χ0n) is 12.6. The van der Waals surface area contributed by atoms with E-state index in [0.29, 0.717) is 6.04 Å². The number of carbonyl (C=O) groups is 1. The third-order valence-corrected chi connectivity index (χ3v) is 4.71. The maximum absolute atomic E-state index is 12.5. The number of amides is 2. The number of ether oxygens (including phenoxy) is 1. The van der Waals surface area contributed by atoms with Crippen molar-refractivity contribution in [1.29, 1.82) is 0 Å². The third-order valence-electron chi connectivity index (χ3n) is 3.77. The van der Waals surface area contributed by atoms with Gasteiger partial charge in [-0.2, -0.15) is 0 Å². The molecular formula is C17H20N2O2S. The molecule has 0 atom stereocenters. The number of rotatable bonds is 6. The molecule has 5 heteroatoms. The smallest absolute Gasteiger partial charge is 0.322 e. The van der Waals surface area contributed by atoms with Crippen LogP contribution in [0.15, 0.2) is 41.8 Å². The summed E-state index contributed by atoms with van der Waals surface area (Å²) in [6, 6.07) is 12.0. The Morgan fingerprint density at radius 1 is 1.32 bits per heavy atom. The molecule has 0 saturated heterocycles. The van der Waals surface area contributed by atoms with E-state index >= 15 is 0 Å². The summed E-state index contributed by atoms with van der Waals surface area (Å²) in [5.41, 5.74) is 0.799. The fourth-order valence-electron chi connectivity index (χ4n) is 2.39. The number of nitrogens with zero attached hydrogens (tertiary/aromatic N) is 1. The summed E-state index contributed by atoms with van der Waals surface area (Å²) in [5.74, 6) is 0.787. The molecule has 0 aliphatic heterocycles. The molecule has 22 heavy (non-hydrogen) atoms. The largest absolute Gasteiger partial charge is 0.497 e. The van der Waals surface area contributed by atoms with E-state index in [9.17, 15) is 4.79 Å². The van der Waals surface area contributed by atoms with Crippen molar-refractivity contribution in [2.24, 2.45) is 0 Å². The van der Waals surface area contributed by atoms with Crippen LogP contribution in [0.25, 0.3) is 0 Å². The minimum Gasteiger partial charge on any atom is -0.497 e. The normalized spacial score (nSPS) is 13.7. The summed E-state index contributed by atoms with van der Waals surface area (Å²) in [6.07, 6.45) is 3.14. The van der Waals surface area contributed by atoms with Gasteiger partial charge in [0.15, 0.2) is 0 Å². The van der Waals surface area contributed by atoms with Gasteiger partial charge in [0.25, 0.3) is 0 Å². The highest BCUT2D eigenvalue weighted by Gasteiger charge is 2.32. The first kappa shape index (κ1) is 14.9. The van der Waals surface area contributed by atoms with Gasteiger partial charge in [-0.05, 0) is 55.0 Å². The van der Waals surface area contributed by atoms with Gasteiger partial charge in [-0.1, -0.05) is 6.07 Å². The Bertz CT molecular complexity index is 606. The van der Waals surface area contributed by atoms with Gasteiger partial charge in [0, 0.05) is 23.2 Å². The molecule has 0 unspecified atom stereocenters. The number of benzene rings is 1. The van der Waals surface area contributed by atoms with Crippen LogP contribution in [0.3, 0.4) is 0 Å². The third kappa shape index (κ3) is 3.80. The predicted molar refractivity (Wildman–Crippen MR) is 89.8 cm³/mol. The second-order valence-electron chi connectivity index (χ2n) is 5.41. The Morgan fingerprint density at radius 3 is 2.68 bits per heavy atom. The number of carbonyl (C=O) groups excluding carboxylic acids is 1. The minimum absolute atomic E-state index is 0.00998. The van der Waals surface area contributed by atoms with Crippen molar-refractivity contribution >= 4 is 23.1 Å². The summed E-state index contributed by atoms with van der Waals surface area (Å²) in [5, 5.41) is 5.06. The van der Waals surface area contributed by atoms with Crippen LogP contribution >= 0.6 is 11.3 Å². The van der Waals surface area contributed by atoms with E-state index in [-0.39, 0.29) is 6.03 Å². The SMILES string of the molecule is COc1ccc(NC(=O)N(CCc2cccs2)C2CC2)cc1. The zero-order chi connectivity index (χ0) is 15.4. The molecule has 1 aromatic heterocycles. The van der Waals surface area contributed by atoms with Crippen LogP contribution in [0.5, 0.6) is 5.75 Å². The van der Waals surface area contributed by atoms with Crippen LogP contribution in [0.1, 0.15) is 17.7 Å². The second-order valence-corrected chi connectivity index (χ2v) is 6.44. The number of thiophene rings is 1. The summed E-state index contributed by atoms with van der Waals surface area (Å²) in [4.78, 5) is 15.8. The topological polar surface area (TPSA) is 41.6 Å². The van der Waals surface area contributed by atoms with E-state index in [1.807, 2.05) is 29.2 Å². The lowest BCUT2D eigenvalue weighted by Gasteiger charge is -2.22. The molecule has 116 valence electrons. The molecular weight excluding hydrogens is 296 g/mol. The van der Waals surface area contributed by atoms with Crippen molar-refractivity contribution in [3.05, 3.63) is 46.7 Å². The first-order chi connectivity index (χ1) is 10.8. The highest BCUT2D eigenvalue weighted by Crippen LogP contribution is 2.28. The van der Waals surface area contributed by atoms with E-state index in [1.54, 1.807) is 18.4 Å². The van der Waals surface area contributed by atoms with Crippen molar-refractivity contribution in [3.63, 3.8) is 0 Å². The molecule has 1 heterocycles. The van der Waals surface area contributed by atoms with E-state index in [2.05, 4.69) is 22.8 Å². The quantitative estimate of drug-likeness (QED) is 0.875. The van der Waals surface area contributed by atoms with Gasteiger partial charge in [-0.15, -0.1) is 11.3 Å². The van der Waals surface area contributed by atoms with Crippen LogP contribution in [0, 0.1) is 0 Å². The van der Waals surface area contributed by atoms with Crippen molar-refractivity contribution in [2.45, 2.75) is 25.3 Å². The molecule has 2 aromatic rings. The van der Waals surface area contributed by atoms with Gasteiger partial charge in [0.1, 0.15) is 5.75 Å². The van der Waals surface area contributed by atoms with Gasteiger partial charge in [0.2, 0.25) is 0 Å². The number of methoxy groups -OCH3 is 1. The first-order valence-electron chi connectivity index (χ1n) is 7.50. The number of hydrogen-bond donors (Lipinski definition) is 1. The Labute approximate surface area is 134 Å². The van der Waals surface area contributed by atoms with Gasteiger partial charge < -0.3 is 15.0 Å². The molecule has 1 aliphatic rings. The van der Waals surface area contributed by atoms with Gasteiger partial charge in [0.05, 0.1) is 7.11 Å². The standard InChI is InChI=1S/C17H20N2O2S/c1-21-15-8-4-13(5-9-15)18-17(20)19(14-6-7-14)11-10-16-3-2-12-22-16/h2-5,8-9,12,14H,6-7,10-11H2,1H3,(H,18,20). The molecule has 0 radical (unpaired) electrons. The summed E-state index contributed by atoms with van der Waals surface area (Å²) in [6.45, 7) is 0.771. The molecule has 2 amide bonds. The Kier molecular flexibility index (Phi) is 4.63. The first-order valence-corrected chi connectivity index (χ1v) is 8.38. The van der Waals surface area contributed by atoms with E-state index < -0.39 is 0 Å². The lowest BCUT2D eigenvalue weighted by atomic mass is 10.3. The fourth-order valence-corrected chi connectivity index (χ4v) is 3.09. The lowest BCUT2D eigenvalue weighted by molar-refractivity contribution is 0.209. The highest BCUT2D eigenvalue weighted by molar-refractivity contribution is 7.09. The van der Waals surface area contributed by atoms with Gasteiger partial charge in [-0.3, -0.25) is 0 Å². The van der Waals surface area contributed by atoms with Crippen LogP contribution < -0.4 is 10.1 Å². The van der Waals surface area contributed by atoms with Crippen molar-refractivity contribution < 1.29 is 9.53 Å².